The molecule has 0 unspecified atom stereocenters. The second-order valence-electron chi connectivity index (χ2n) is 6.91. The van der Waals surface area contributed by atoms with Crippen LogP contribution in [0, 0.1) is 19.7 Å². The van der Waals surface area contributed by atoms with E-state index < -0.39 is 5.91 Å². The lowest BCUT2D eigenvalue weighted by molar-refractivity contribution is 0.101. The molecule has 150 valence electrons. The average Bonchev–Trinajstić information content (AvgIpc) is 3.17. The third-order valence-electron chi connectivity index (χ3n) is 4.75. The fourth-order valence-electron chi connectivity index (χ4n) is 2.96. The van der Waals surface area contributed by atoms with Crippen LogP contribution >= 0.6 is 11.6 Å². The van der Waals surface area contributed by atoms with Crippen LogP contribution in [0.25, 0.3) is 17.1 Å². The number of aromatic nitrogens is 3. The number of carbonyl (C=O) groups is 1. The fourth-order valence-corrected chi connectivity index (χ4v) is 3.09. The quantitative estimate of drug-likeness (QED) is 0.467. The summed E-state index contributed by atoms with van der Waals surface area (Å²) >= 11 is 5.99. The van der Waals surface area contributed by atoms with Gasteiger partial charge in [-0.2, -0.15) is 0 Å². The normalized spacial score (nSPS) is 10.8. The van der Waals surface area contributed by atoms with Gasteiger partial charge < -0.3 is 5.32 Å². The molecule has 4 rings (SSSR count). The van der Waals surface area contributed by atoms with Crippen molar-refractivity contribution in [2.24, 2.45) is 0 Å². The number of anilines is 1. The highest BCUT2D eigenvalue weighted by Gasteiger charge is 2.19. The van der Waals surface area contributed by atoms with Crippen molar-refractivity contribution in [3.05, 3.63) is 94.5 Å². The molecule has 4 aromatic rings. The lowest BCUT2D eigenvalue weighted by atomic mass is 10.1. The van der Waals surface area contributed by atoms with Crippen molar-refractivity contribution in [2.45, 2.75) is 13.8 Å². The summed E-state index contributed by atoms with van der Waals surface area (Å²) in [5.74, 6) is -0.372. The van der Waals surface area contributed by atoms with Crippen molar-refractivity contribution in [1.29, 1.82) is 0 Å². The number of carbonyl (C=O) groups excluding carboxylic acids is 1. The number of rotatable bonds is 4. The molecule has 0 saturated carbocycles. The zero-order valence-electron chi connectivity index (χ0n) is 16.4. The summed E-state index contributed by atoms with van der Waals surface area (Å²) < 4.78 is 14.9. The molecule has 1 aromatic heterocycles. The molecule has 0 spiro atoms. The molecule has 0 aliphatic heterocycles. The third kappa shape index (κ3) is 4.09. The van der Waals surface area contributed by atoms with Gasteiger partial charge in [-0.15, -0.1) is 5.10 Å². The van der Waals surface area contributed by atoms with E-state index in [-0.39, 0.29) is 11.6 Å². The number of amides is 1. The van der Waals surface area contributed by atoms with E-state index >= 15 is 0 Å². The Morgan fingerprint density at radius 2 is 1.67 bits per heavy atom. The van der Waals surface area contributed by atoms with Crippen molar-refractivity contribution in [3.8, 4) is 17.1 Å². The molecule has 1 heterocycles. The zero-order chi connectivity index (χ0) is 21.3. The maximum atomic E-state index is 13.4. The number of aryl methyl sites for hydroxylation is 2. The number of nitrogens with one attached hydrogen (secondary N) is 1. The smallest absolute Gasteiger partial charge is 0.295 e. The van der Waals surface area contributed by atoms with Crippen molar-refractivity contribution in [1.82, 2.24) is 14.8 Å². The van der Waals surface area contributed by atoms with E-state index in [0.717, 1.165) is 11.1 Å². The molecular weight excluding hydrogens is 403 g/mol. The van der Waals surface area contributed by atoms with Crippen LogP contribution in [-0.4, -0.2) is 20.7 Å². The second-order valence-corrected chi connectivity index (χ2v) is 7.34. The molecule has 0 aliphatic carbocycles. The summed E-state index contributed by atoms with van der Waals surface area (Å²) in [6.07, 6.45) is 0. The molecule has 0 bridgehead atoms. The Balaban J connectivity index is 1.74. The third-order valence-corrected chi connectivity index (χ3v) is 5.00. The Hall–Kier alpha value is -3.51. The van der Waals surface area contributed by atoms with E-state index in [2.05, 4.69) is 15.4 Å². The van der Waals surface area contributed by atoms with E-state index in [4.69, 9.17) is 11.6 Å². The molecule has 7 heteroatoms. The monoisotopic (exact) mass is 420 g/mol. The van der Waals surface area contributed by atoms with Gasteiger partial charge in [-0.25, -0.2) is 14.1 Å². The molecule has 0 aliphatic rings. The van der Waals surface area contributed by atoms with E-state index in [0.29, 0.717) is 27.8 Å². The predicted molar refractivity (Wildman–Crippen MR) is 116 cm³/mol. The van der Waals surface area contributed by atoms with Crippen molar-refractivity contribution in [3.63, 3.8) is 0 Å². The van der Waals surface area contributed by atoms with Crippen molar-refractivity contribution in [2.75, 3.05) is 5.32 Å². The van der Waals surface area contributed by atoms with E-state index in [1.165, 1.54) is 12.1 Å². The first kappa shape index (κ1) is 19.8. The summed E-state index contributed by atoms with van der Waals surface area (Å²) in [6, 6.07) is 18.5. The van der Waals surface area contributed by atoms with Crippen LogP contribution in [0.4, 0.5) is 10.1 Å². The molecule has 5 nitrogen and oxygen atoms in total. The Morgan fingerprint density at radius 1 is 0.967 bits per heavy atom. The van der Waals surface area contributed by atoms with Gasteiger partial charge in [-0.1, -0.05) is 17.7 Å². The number of benzene rings is 3. The molecule has 1 N–H and O–H groups in total. The Morgan fingerprint density at radius 3 is 2.33 bits per heavy atom. The summed E-state index contributed by atoms with van der Waals surface area (Å²) in [5, 5.41) is 7.81. The SMILES string of the molecule is Cc1ccc(NC(=O)c2nc(-c3ccc(F)cc3)n(-c3ccc(Cl)cc3)n2)cc1C. The van der Waals surface area contributed by atoms with Gasteiger partial charge >= 0.3 is 0 Å². The van der Waals surface area contributed by atoms with Crippen LogP contribution in [0.5, 0.6) is 0 Å². The molecule has 1 amide bonds. The second kappa shape index (κ2) is 8.08. The number of hydrogen-bond donors (Lipinski definition) is 1. The van der Waals surface area contributed by atoms with Crippen LogP contribution < -0.4 is 5.32 Å². The topological polar surface area (TPSA) is 59.8 Å². The van der Waals surface area contributed by atoms with Gasteiger partial charge in [0.15, 0.2) is 5.82 Å². The number of hydrogen-bond acceptors (Lipinski definition) is 3. The summed E-state index contributed by atoms with van der Waals surface area (Å²) in [6.45, 7) is 3.98. The first-order valence-electron chi connectivity index (χ1n) is 9.28. The summed E-state index contributed by atoms with van der Waals surface area (Å²) in [5.41, 5.74) is 4.17. The van der Waals surface area contributed by atoms with Gasteiger partial charge in [0.05, 0.1) is 5.69 Å². The van der Waals surface area contributed by atoms with Crippen LogP contribution in [0.1, 0.15) is 21.7 Å². The molecule has 30 heavy (non-hydrogen) atoms. The minimum absolute atomic E-state index is 0.00232. The van der Waals surface area contributed by atoms with Gasteiger partial charge in [0.2, 0.25) is 5.82 Å². The minimum Gasteiger partial charge on any atom is -0.319 e. The van der Waals surface area contributed by atoms with E-state index in [1.54, 1.807) is 41.1 Å². The fraction of sp³-hybridized carbons (Fsp3) is 0.0870. The van der Waals surface area contributed by atoms with E-state index in [9.17, 15) is 9.18 Å². The van der Waals surface area contributed by atoms with Gasteiger partial charge in [-0.05, 0) is 85.6 Å². The Bertz CT molecular complexity index is 1150. The van der Waals surface area contributed by atoms with Crippen molar-refractivity contribution >= 4 is 23.2 Å². The highest BCUT2D eigenvalue weighted by Crippen LogP contribution is 2.23. The Kier molecular flexibility index (Phi) is 5.33. The molecule has 0 atom stereocenters. The van der Waals surface area contributed by atoms with E-state index in [1.807, 2.05) is 32.0 Å². The van der Waals surface area contributed by atoms with Gasteiger partial charge in [0.25, 0.3) is 5.91 Å². The van der Waals surface area contributed by atoms with Crippen LogP contribution in [-0.2, 0) is 0 Å². The van der Waals surface area contributed by atoms with Crippen molar-refractivity contribution < 1.29 is 9.18 Å². The lowest BCUT2D eigenvalue weighted by Crippen LogP contribution is -2.14. The molecule has 0 radical (unpaired) electrons. The van der Waals surface area contributed by atoms with Gasteiger partial charge in [-0.3, -0.25) is 4.79 Å². The minimum atomic E-state index is -0.436. The van der Waals surface area contributed by atoms with Crippen LogP contribution in [0.3, 0.4) is 0 Å². The highest BCUT2D eigenvalue weighted by atomic mass is 35.5. The predicted octanol–water partition coefficient (Wildman–Crippen LogP) is 5.60. The first-order valence-corrected chi connectivity index (χ1v) is 9.66. The molecule has 3 aromatic carbocycles. The van der Waals surface area contributed by atoms with Crippen LogP contribution in [0.2, 0.25) is 5.02 Å². The molecular formula is C23H18ClFN4O. The maximum absolute atomic E-state index is 13.4. The van der Waals surface area contributed by atoms with Crippen LogP contribution in [0.15, 0.2) is 66.7 Å². The number of halogens is 2. The van der Waals surface area contributed by atoms with Gasteiger partial charge in [0.1, 0.15) is 5.82 Å². The van der Waals surface area contributed by atoms with Gasteiger partial charge in [0, 0.05) is 16.3 Å². The molecule has 0 fully saturated rings. The Labute approximate surface area is 178 Å². The molecule has 0 saturated heterocycles. The summed E-state index contributed by atoms with van der Waals surface area (Å²) in [7, 11) is 0. The average molecular weight is 421 g/mol. The lowest BCUT2D eigenvalue weighted by Gasteiger charge is -2.06. The number of nitrogens with zero attached hydrogens (tertiary/aromatic N) is 3. The standard InChI is InChI=1S/C23H18ClFN4O/c1-14-3-10-19(13-15(14)2)26-23(30)21-27-22(16-4-8-18(25)9-5-16)29(28-21)20-11-6-17(24)7-12-20/h3-13H,1-2H3,(H,26,30). The first-order chi connectivity index (χ1) is 14.4. The highest BCUT2D eigenvalue weighted by molar-refractivity contribution is 6.30. The summed E-state index contributed by atoms with van der Waals surface area (Å²) in [4.78, 5) is 17.2. The largest absolute Gasteiger partial charge is 0.319 e. The zero-order valence-corrected chi connectivity index (χ0v) is 17.1. The maximum Gasteiger partial charge on any atom is 0.295 e.